The van der Waals surface area contributed by atoms with Gasteiger partial charge in [0.1, 0.15) is 36.2 Å². The monoisotopic (exact) mass is 587 g/mol. The van der Waals surface area contributed by atoms with Crippen molar-refractivity contribution in [1.29, 1.82) is 0 Å². The van der Waals surface area contributed by atoms with Crippen LogP contribution >= 0.6 is 15.9 Å². The van der Waals surface area contributed by atoms with Gasteiger partial charge in [-0.3, -0.25) is 0 Å². The number of benzene rings is 2. The molecule has 14 heteroatoms. The molecule has 1 aliphatic rings. The van der Waals surface area contributed by atoms with Crippen LogP contribution in [0.4, 0.5) is 13.2 Å². The van der Waals surface area contributed by atoms with E-state index in [-0.39, 0.29) is 17.9 Å². The second-order valence-electron chi connectivity index (χ2n) is 8.33. The van der Waals surface area contributed by atoms with Crippen molar-refractivity contribution in [3.63, 3.8) is 0 Å². The number of carbonyl (C=O) groups is 1. The van der Waals surface area contributed by atoms with Gasteiger partial charge in [-0.25, -0.2) is 22.6 Å². The maximum atomic E-state index is 13.7. The number of hydrogen-bond donors (Lipinski definition) is 4. The number of aromatic nitrogens is 3. The summed E-state index contributed by atoms with van der Waals surface area (Å²) < 4.78 is 53.5. The molecule has 10 nitrogen and oxygen atoms in total. The van der Waals surface area contributed by atoms with E-state index in [9.17, 15) is 38.4 Å². The van der Waals surface area contributed by atoms with Gasteiger partial charge in [0.05, 0.1) is 19.4 Å². The lowest BCUT2D eigenvalue weighted by atomic mass is 9.90. The Kier molecular flexibility index (Phi) is 8.26. The zero-order valence-electron chi connectivity index (χ0n) is 18.8. The average molecular weight is 588 g/mol. The predicted octanol–water partition coefficient (Wildman–Crippen LogP) is 1.82. The second-order valence-corrected chi connectivity index (χ2v) is 9.24. The van der Waals surface area contributed by atoms with E-state index in [0.29, 0.717) is 17.7 Å². The van der Waals surface area contributed by atoms with Crippen LogP contribution in [0.5, 0.6) is 0 Å². The van der Waals surface area contributed by atoms with Crippen LogP contribution in [-0.4, -0.2) is 78.5 Å². The molecule has 0 radical (unpaired) electrons. The smallest absolute Gasteiger partial charge is 0.335 e. The van der Waals surface area contributed by atoms with Gasteiger partial charge in [-0.2, -0.15) is 0 Å². The van der Waals surface area contributed by atoms with Crippen molar-refractivity contribution >= 4 is 21.9 Å². The lowest BCUT2D eigenvalue weighted by Gasteiger charge is -2.43. The first-order valence-electron chi connectivity index (χ1n) is 10.9. The maximum Gasteiger partial charge on any atom is 0.335 e. The number of carboxylic acids is 1. The Morgan fingerprint density at radius 2 is 1.78 bits per heavy atom. The molecule has 198 valence electrons. The summed E-state index contributed by atoms with van der Waals surface area (Å²) in [6.07, 6.45) is -6.82. The molecule has 2 unspecified atom stereocenters. The van der Waals surface area contributed by atoms with Gasteiger partial charge in [-0.05, 0) is 29.8 Å². The van der Waals surface area contributed by atoms with Gasteiger partial charge in [0.2, 0.25) is 0 Å². The molecule has 0 aliphatic carbocycles. The normalized spacial score (nSPS) is 24.7. The van der Waals surface area contributed by atoms with E-state index >= 15 is 0 Å². The highest BCUT2D eigenvalue weighted by Gasteiger charge is 2.50. The summed E-state index contributed by atoms with van der Waals surface area (Å²) in [5, 5.41) is 48.9. The largest absolute Gasteiger partial charge is 0.479 e. The van der Waals surface area contributed by atoms with Crippen LogP contribution in [0.25, 0.3) is 11.3 Å². The average Bonchev–Trinajstić information content (AvgIpc) is 3.34. The minimum absolute atomic E-state index is 0.123. The molecule has 1 aliphatic heterocycles. The van der Waals surface area contributed by atoms with Crippen LogP contribution in [0.15, 0.2) is 47.1 Å². The second kappa shape index (κ2) is 11.2. The van der Waals surface area contributed by atoms with E-state index in [2.05, 4.69) is 26.2 Å². The molecule has 4 rings (SSSR count). The fourth-order valence-corrected chi connectivity index (χ4v) is 4.29. The van der Waals surface area contributed by atoms with Crippen molar-refractivity contribution in [2.24, 2.45) is 0 Å². The highest BCUT2D eigenvalue weighted by Crippen LogP contribution is 2.33. The Labute approximate surface area is 216 Å². The highest BCUT2D eigenvalue weighted by atomic mass is 79.9. The molecule has 0 bridgehead atoms. The Morgan fingerprint density at radius 3 is 2.38 bits per heavy atom. The van der Waals surface area contributed by atoms with Gasteiger partial charge < -0.3 is 29.9 Å². The first-order chi connectivity index (χ1) is 17.6. The molecule has 2 aromatic carbocycles. The Morgan fingerprint density at radius 1 is 1.14 bits per heavy atom. The molecule has 37 heavy (non-hydrogen) atoms. The zero-order chi connectivity index (χ0) is 26.9. The maximum absolute atomic E-state index is 13.7. The number of hydrogen-bond acceptors (Lipinski definition) is 8. The van der Waals surface area contributed by atoms with Gasteiger partial charge in [0, 0.05) is 10.0 Å². The van der Waals surface area contributed by atoms with Crippen molar-refractivity contribution in [3.8, 4) is 11.3 Å². The summed E-state index contributed by atoms with van der Waals surface area (Å²) in [4.78, 5) is 12.0. The Hall–Kier alpha value is -2.88. The fourth-order valence-electron chi connectivity index (χ4n) is 4.02. The van der Waals surface area contributed by atoms with Crippen molar-refractivity contribution in [2.75, 3.05) is 6.61 Å². The van der Waals surface area contributed by atoms with Crippen LogP contribution in [-0.2, 0) is 20.9 Å². The summed E-state index contributed by atoms with van der Waals surface area (Å²) >= 11 is 3.29. The molecule has 0 saturated carbocycles. The van der Waals surface area contributed by atoms with Crippen LogP contribution in [0.2, 0.25) is 0 Å². The van der Waals surface area contributed by atoms with Gasteiger partial charge >= 0.3 is 5.97 Å². The lowest BCUT2D eigenvalue weighted by Crippen LogP contribution is -2.60. The molecule has 6 atom stereocenters. The number of aliphatic carboxylic acids is 1. The molecule has 0 amide bonds. The van der Waals surface area contributed by atoms with Crippen molar-refractivity contribution in [1.82, 2.24) is 15.0 Å². The lowest BCUT2D eigenvalue weighted by molar-refractivity contribution is -0.238. The van der Waals surface area contributed by atoms with E-state index in [0.717, 1.165) is 15.4 Å². The Bertz CT molecular complexity index is 1240. The fraction of sp³-hybridized carbons (Fsp3) is 0.348. The number of ether oxygens (including phenoxy) is 2. The summed E-state index contributed by atoms with van der Waals surface area (Å²) in [5.41, 5.74) is 0.340. The van der Waals surface area contributed by atoms with E-state index in [1.165, 1.54) is 0 Å². The van der Waals surface area contributed by atoms with E-state index in [1.807, 2.05) is 0 Å². The third-order valence-electron chi connectivity index (χ3n) is 5.91. The summed E-state index contributed by atoms with van der Waals surface area (Å²) in [6.45, 7) is -0.890. The van der Waals surface area contributed by atoms with Gasteiger partial charge in [0.25, 0.3) is 0 Å². The van der Waals surface area contributed by atoms with Gasteiger partial charge in [-0.15, -0.1) is 5.10 Å². The number of carboxylic acid groups (broad SMARTS) is 1. The number of rotatable bonds is 8. The molecular weight excluding hydrogens is 567 g/mol. The molecule has 1 fully saturated rings. The minimum atomic E-state index is -1.74. The molecule has 1 aromatic heterocycles. The molecule has 4 N–H and O–H groups in total. The summed E-state index contributed by atoms with van der Waals surface area (Å²) in [6, 6.07) is 6.85. The van der Waals surface area contributed by atoms with Gasteiger partial charge in [-0.1, -0.05) is 33.3 Å². The first-order valence-corrected chi connectivity index (χ1v) is 11.7. The van der Waals surface area contributed by atoms with Crippen LogP contribution < -0.4 is 0 Å². The molecule has 1 saturated heterocycles. The number of nitrogens with zero attached hydrogens (tertiary/aromatic N) is 3. The number of halogens is 4. The van der Waals surface area contributed by atoms with E-state index in [4.69, 9.17) is 9.47 Å². The third-order valence-corrected chi connectivity index (χ3v) is 6.44. The number of aliphatic hydroxyl groups excluding tert-OH is 3. The Balaban J connectivity index is 1.61. The van der Waals surface area contributed by atoms with Crippen LogP contribution in [0, 0.1) is 17.5 Å². The summed E-state index contributed by atoms with van der Waals surface area (Å²) in [7, 11) is 0. The third kappa shape index (κ3) is 5.68. The van der Waals surface area contributed by atoms with Gasteiger partial charge in [0.15, 0.2) is 23.6 Å². The van der Waals surface area contributed by atoms with Crippen LogP contribution in [0.1, 0.15) is 11.6 Å². The van der Waals surface area contributed by atoms with Crippen molar-refractivity contribution in [2.45, 2.75) is 43.2 Å². The summed E-state index contributed by atoms with van der Waals surface area (Å²) in [5.74, 6) is -6.04. The van der Waals surface area contributed by atoms with Crippen molar-refractivity contribution < 1.29 is 47.9 Å². The highest BCUT2D eigenvalue weighted by molar-refractivity contribution is 9.10. The quantitative estimate of drug-likeness (QED) is 0.290. The van der Waals surface area contributed by atoms with Crippen molar-refractivity contribution in [3.05, 3.63) is 70.1 Å². The van der Waals surface area contributed by atoms with E-state index < -0.39 is 66.6 Å². The predicted molar refractivity (Wildman–Crippen MR) is 122 cm³/mol. The molecule has 2 heterocycles. The SMILES string of the molecule is O=C(O)[C@@H](OCc1ccc(Br)cc1)[C@@H]1OC(CO)[C@H](O)[C@H](n2cc(-c3cc(F)c(F)c(F)c3)nn2)C1O. The molecule has 0 spiro atoms. The van der Waals surface area contributed by atoms with E-state index in [1.54, 1.807) is 24.3 Å². The standard InChI is InChI=1S/C23H21BrF3N3O7/c24-12-3-1-10(2-4-12)9-36-22(23(34)35)21-20(33)18(19(32)16(8-31)37-21)30-7-15(28-29-30)11-5-13(25)17(27)14(26)6-11/h1-7,16,18-22,31-33H,8-9H2,(H,34,35)/t16?,18-,19-,20?,21+,22-/m0/s1. The molecule has 3 aromatic rings. The first kappa shape index (κ1) is 27.2. The zero-order valence-corrected chi connectivity index (χ0v) is 20.4. The van der Waals surface area contributed by atoms with Crippen LogP contribution in [0.3, 0.4) is 0 Å². The number of aliphatic hydroxyl groups is 3. The minimum Gasteiger partial charge on any atom is -0.479 e. The topological polar surface area (TPSA) is 147 Å². The molecular formula is C23H21BrF3N3O7.